The van der Waals surface area contributed by atoms with Gasteiger partial charge in [0.25, 0.3) is 0 Å². The summed E-state index contributed by atoms with van der Waals surface area (Å²) < 4.78 is 5.39. The number of hydrogen-bond donors (Lipinski definition) is 2. The zero-order chi connectivity index (χ0) is 11.9. The highest BCUT2D eigenvalue weighted by atomic mass is 16.5. The SMILES string of the molecule is O=C(NCC1CCCOC1)NC1CCCCC1. The molecule has 4 nitrogen and oxygen atoms in total. The lowest BCUT2D eigenvalue weighted by atomic mass is 9.96. The summed E-state index contributed by atoms with van der Waals surface area (Å²) in [5.74, 6) is 0.501. The minimum Gasteiger partial charge on any atom is -0.381 e. The summed E-state index contributed by atoms with van der Waals surface area (Å²) in [6, 6.07) is 0.397. The molecular weight excluding hydrogens is 216 g/mol. The van der Waals surface area contributed by atoms with Crippen molar-refractivity contribution in [3.63, 3.8) is 0 Å². The Morgan fingerprint density at radius 1 is 1.12 bits per heavy atom. The highest BCUT2D eigenvalue weighted by molar-refractivity contribution is 5.74. The van der Waals surface area contributed by atoms with E-state index in [9.17, 15) is 4.79 Å². The fourth-order valence-corrected chi connectivity index (χ4v) is 2.69. The molecule has 2 aliphatic rings. The summed E-state index contributed by atoms with van der Waals surface area (Å²) in [5, 5.41) is 6.04. The first-order chi connectivity index (χ1) is 8.34. The van der Waals surface area contributed by atoms with Gasteiger partial charge in [0.05, 0.1) is 6.61 Å². The predicted octanol–water partition coefficient (Wildman–Crippen LogP) is 2.04. The molecule has 0 radical (unpaired) electrons. The van der Waals surface area contributed by atoms with Gasteiger partial charge in [-0.05, 0) is 31.6 Å². The van der Waals surface area contributed by atoms with E-state index in [1.807, 2.05) is 0 Å². The van der Waals surface area contributed by atoms with Gasteiger partial charge in [0, 0.05) is 19.2 Å². The molecule has 1 atom stereocenters. The molecular formula is C13H24N2O2. The standard InChI is InChI=1S/C13H24N2O2/c16-13(15-12-6-2-1-3-7-12)14-9-11-5-4-8-17-10-11/h11-12H,1-10H2,(H2,14,15,16). The summed E-state index contributed by atoms with van der Waals surface area (Å²) in [4.78, 5) is 11.7. The maximum Gasteiger partial charge on any atom is 0.315 e. The second-order valence-electron chi connectivity index (χ2n) is 5.27. The van der Waals surface area contributed by atoms with E-state index in [0.29, 0.717) is 12.0 Å². The molecule has 2 N–H and O–H groups in total. The molecule has 1 aliphatic carbocycles. The molecule has 1 aliphatic heterocycles. The number of carbonyl (C=O) groups is 1. The first-order valence-electron chi connectivity index (χ1n) is 6.96. The van der Waals surface area contributed by atoms with Crippen molar-refractivity contribution in [1.82, 2.24) is 10.6 Å². The predicted molar refractivity (Wildman–Crippen MR) is 67.0 cm³/mol. The Hall–Kier alpha value is -0.770. The maximum atomic E-state index is 11.7. The Morgan fingerprint density at radius 2 is 1.94 bits per heavy atom. The van der Waals surface area contributed by atoms with Gasteiger partial charge in [0.15, 0.2) is 0 Å². The Kier molecular flexibility index (Phi) is 5.10. The molecule has 0 spiro atoms. The molecule has 1 heterocycles. The van der Waals surface area contributed by atoms with Gasteiger partial charge in [-0.3, -0.25) is 0 Å². The molecule has 0 bridgehead atoms. The third-order valence-corrected chi connectivity index (χ3v) is 3.75. The Morgan fingerprint density at radius 3 is 2.65 bits per heavy atom. The molecule has 98 valence electrons. The number of urea groups is 1. The third kappa shape index (κ3) is 4.54. The summed E-state index contributed by atoms with van der Waals surface area (Å²) in [7, 11) is 0. The smallest absolute Gasteiger partial charge is 0.315 e. The van der Waals surface area contributed by atoms with E-state index < -0.39 is 0 Å². The fourth-order valence-electron chi connectivity index (χ4n) is 2.69. The molecule has 2 rings (SSSR count). The number of amides is 2. The number of ether oxygens (including phenoxy) is 1. The average Bonchev–Trinajstić information content (AvgIpc) is 2.39. The molecule has 1 unspecified atom stereocenters. The Bertz CT molecular complexity index is 234. The lowest BCUT2D eigenvalue weighted by Crippen LogP contribution is -2.45. The van der Waals surface area contributed by atoms with Crippen molar-refractivity contribution in [3.05, 3.63) is 0 Å². The lowest BCUT2D eigenvalue weighted by Gasteiger charge is -2.25. The van der Waals surface area contributed by atoms with Crippen LogP contribution in [0.25, 0.3) is 0 Å². The molecule has 2 fully saturated rings. The first-order valence-corrected chi connectivity index (χ1v) is 6.96. The monoisotopic (exact) mass is 240 g/mol. The van der Waals surface area contributed by atoms with Crippen LogP contribution in [0.4, 0.5) is 4.79 Å². The van der Waals surface area contributed by atoms with Crippen molar-refractivity contribution in [2.45, 2.75) is 51.0 Å². The van der Waals surface area contributed by atoms with E-state index in [1.165, 1.54) is 25.7 Å². The minimum atomic E-state index is 0.00229. The van der Waals surface area contributed by atoms with E-state index >= 15 is 0 Å². The summed E-state index contributed by atoms with van der Waals surface area (Å²) >= 11 is 0. The van der Waals surface area contributed by atoms with Crippen molar-refractivity contribution < 1.29 is 9.53 Å². The van der Waals surface area contributed by atoms with E-state index in [1.54, 1.807) is 0 Å². The van der Waals surface area contributed by atoms with Gasteiger partial charge in [-0.2, -0.15) is 0 Å². The molecule has 1 saturated carbocycles. The van der Waals surface area contributed by atoms with Gasteiger partial charge in [0.2, 0.25) is 0 Å². The van der Waals surface area contributed by atoms with Crippen LogP contribution >= 0.6 is 0 Å². The number of hydrogen-bond acceptors (Lipinski definition) is 2. The average molecular weight is 240 g/mol. The van der Waals surface area contributed by atoms with Crippen molar-refractivity contribution >= 4 is 6.03 Å². The highest BCUT2D eigenvalue weighted by Gasteiger charge is 2.17. The van der Waals surface area contributed by atoms with Crippen LogP contribution in [0.5, 0.6) is 0 Å². The molecule has 4 heteroatoms. The highest BCUT2D eigenvalue weighted by Crippen LogP contribution is 2.17. The second kappa shape index (κ2) is 6.84. The van der Waals surface area contributed by atoms with Crippen LogP contribution in [0.2, 0.25) is 0 Å². The quantitative estimate of drug-likeness (QED) is 0.793. The van der Waals surface area contributed by atoms with Crippen LogP contribution in [0, 0.1) is 5.92 Å². The largest absolute Gasteiger partial charge is 0.381 e. The topological polar surface area (TPSA) is 50.4 Å². The zero-order valence-corrected chi connectivity index (χ0v) is 10.5. The first kappa shape index (κ1) is 12.7. The second-order valence-corrected chi connectivity index (χ2v) is 5.27. The molecule has 0 aromatic carbocycles. The van der Waals surface area contributed by atoms with E-state index in [2.05, 4.69) is 10.6 Å². The number of nitrogens with one attached hydrogen (secondary N) is 2. The minimum absolute atomic E-state index is 0.00229. The van der Waals surface area contributed by atoms with Crippen LogP contribution < -0.4 is 10.6 Å². The van der Waals surface area contributed by atoms with Crippen molar-refractivity contribution in [1.29, 1.82) is 0 Å². The molecule has 0 aromatic heterocycles. The van der Waals surface area contributed by atoms with Gasteiger partial charge >= 0.3 is 6.03 Å². The van der Waals surface area contributed by atoms with Crippen LogP contribution in [0.1, 0.15) is 44.9 Å². The van der Waals surface area contributed by atoms with Crippen molar-refractivity contribution in [2.24, 2.45) is 5.92 Å². The van der Waals surface area contributed by atoms with Crippen LogP contribution in [0.15, 0.2) is 0 Å². The van der Waals surface area contributed by atoms with Crippen LogP contribution in [-0.2, 0) is 4.74 Å². The normalized spacial score (nSPS) is 26.5. The summed E-state index contributed by atoms with van der Waals surface area (Å²) in [6.07, 6.45) is 8.39. The van der Waals surface area contributed by atoms with Gasteiger partial charge in [0.1, 0.15) is 0 Å². The van der Waals surface area contributed by atoms with E-state index in [4.69, 9.17) is 4.74 Å². The van der Waals surface area contributed by atoms with Crippen molar-refractivity contribution in [3.8, 4) is 0 Å². The lowest BCUT2D eigenvalue weighted by molar-refractivity contribution is 0.0557. The van der Waals surface area contributed by atoms with Crippen molar-refractivity contribution in [2.75, 3.05) is 19.8 Å². The van der Waals surface area contributed by atoms with Gasteiger partial charge in [-0.25, -0.2) is 4.79 Å². The summed E-state index contributed by atoms with van der Waals surface area (Å²) in [5.41, 5.74) is 0. The third-order valence-electron chi connectivity index (χ3n) is 3.75. The number of carbonyl (C=O) groups excluding carboxylic acids is 1. The Labute approximate surface area is 103 Å². The zero-order valence-electron chi connectivity index (χ0n) is 10.5. The van der Waals surface area contributed by atoms with E-state index in [-0.39, 0.29) is 6.03 Å². The van der Waals surface area contributed by atoms with Gasteiger partial charge in [-0.15, -0.1) is 0 Å². The maximum absolute atomic E-state index is 11.7. The number of rotatable bonds is 3. The summed E-state index contributed by atoms with van der Waals surface area (Å²) in [6.45, 7) is 2.42. The molecule has 0 aromatic rings. The van der Waals surface area contributed by atoms with E-state index in [0.717, 1.165) is 39.0 Å². The molecule has 2 amide bonds. The van der Waals surface area contributed by atoms with Crippen LogP contribution in [0.3, 0.4) is 0 Å². The van der Waals surface area contributed by atoms with Gasteiger partial charge < -0.3 is 15.4 Å². The fraction of sp³-hybridized carbons (Fsp3) is 0.923. The Balaban J connectivity index is 1.59. The molecule has 1 saturated heterocycles. The van der Waals surface area contributed by atoms with Crippen LogP contribution in [-0.4, -0.2) is 31.8 Å². The van der Waals surface area contributed by atoms with Gasteiger partial charge in [-0.1, -0.05) is 19.3 Å². The molecule has 17 heavy (non-hydrogen) atoms.